The van der Waals surface area contributed by atoms with E-state index < -0.39 is 0 Å². The Bertz CT molecular complexity index is 878. The number of ether oxygens (including phenoxy) is 1. The molecule has 2 heterocycles. The highest BCUT2D eigenvalue weighted by molar-refractivity contribution is 5.82. The van der Waals surface area contributed by atoms with Gasteiger partial charge in [0, 0.05) is 38.6 Å². The fourth-order valence-electron chi connectivity index (χ4n) is 4.98. The van der Waals surface area contributed by atoms with Crippen molar-refractivity contribution in [3.63, 3.8) is 0 Å². The minimum absolute atomic E-state index is 0.0242. The van der Waals surface area contributed by atoms with Crippen LogP contribution in [0.15, 0.2) is 18.2 Å². The molecule has 2 aliphatic heterocycles. The summed E-state index contributed by atoms with van der Waals surface area (Å²) in [6, 6.07) is 4.86. The Morgan fingerprint density at radius 1 is 1.12 bits per heavy atom. The number of aryl methyl sites for hydroxylation is 1. The highest BCUT2D eigenvalue weighted by atomic mass is 19.1. The first-order valence-electron chi connectivity index (χ1n) is 12.6. The van der Waals surface area contributed by atoms with Crippen LogP contribution in [-0.2, 0) is 14.3 Å². The summed E-state index contributed by atoms with van der Waals surface area (Å²) in [4.78, 5) is 42.2. The topological polar surface area (TPSA) is 79.0 Å². The summed E-state index contributed by atoms with van der Waals surface area (Å²) < 4.78 is 19.1. The Balaban J connectivity index is 1.77. The van der Waals surface area contributed by atoms with Crippen molar-refractivity contribution in [3.05, 3.63) is 35.1 Å². The fraction of sp³-hybridized carbons (Fsp3) is 0.654. The second kappa shape index (κ2) is 12.2. The van der Waals surface area contributed by atoms with Gasteiger partial charge in [0.1, 0.15) is 5.82 Å². The number of halogens is 1. The Hall–Kier alpha value is -2.64. The lowest BCUT2D eigenvalue weighted by Crippen LogP contribution is -2.53. The maximum atomic E-state index is 13.9. The maximum absolute atomic E-state index is 13.9. The highest BCUT2D eigenvalue weighted by Crippen LogP contribution is 2.33. The van der Waals surface area contributed by atoms with Crippen molar-refractivity contribution in [2.45, 2.75) is 58.8 Å². The van der Waals surface area contributed by atoms with Crippen LogP contribution < -0.4 is 5.32 Å². The quantitative estimate of drug-likeness (QED) is 0.480. The standard InChI is InChI=1S/C26H38FN3O4/c1-4-6-11-28-26(33)30-16-21(19-9-10-23(27)18(3)13-19)14-22(17-30)24(31)29-12-7-8-20(15-29)25(32)34-5-2/h9-10,13,20-22H,4-8,11-12,14-17H2,1-3H3,(H,28,33)/t20-,21+,22+/m0/s1. The van der Waals surface area contributed by atoms with E-state index in [1.807, 2.05) is 6.07 Å². The molecule has 3 atom stereocenters. The zero-order chi connectivity index (χ0) is 24.7. The molecule has 1 aromatic rings. The van der Waals surface area contributed by atoms with Crippen molar-refractivity contribution in [2.75, 3.05) is 39.3 Å². The van der Waals surface area contributed by atoms with Crippen LogP contribution in [0.25, 0.3) is 0 Å². The van der Waals surface area contributed by atoms with E-state index in [4.69, 9.17) is 4.74 Å². The maximum Gasteiger partial charge on any atom is 0.317 e. The first-order chi connectivity index (χ1) is 16.3. The SMILES string of the molecule is CCCCNC(=O)N1C[C@H](C(=O)N2CCC[C@H](C(=O)OCC)C2)C[C@@H](c2ccc(F)c(C)c2)C1. The summed E-state index contributed by atoms with van der Waals surface area (Å²) in [5, 5.41) is 2.96. The molecule has 0 spiro atoms. The van der Waals surface area contributed by atoms with Crippen molar-refractivity contribution < 1.29 is 23.5 Å². The normalized spacial score (nSPS) is 22.9. The van der Waals surface area contributed by atoms with E-state index in [-0.39, 0.29) is 41.5 Å². The number of esters is 1. The Morgan fingerprint density at radius 2 is 1.88 bits per heavy atom. The predicted molar refractivity (Wildman–Crippen MR) is 128 cm³/mol. The minimum atomic E-state index is -0.373. The van der Waals surface area contributed by atoms with Gasteiger partial charge >= 0.3 is 12.0 Å². The molecule has 34 heavy (non-hydrogen) atoms. The monoisotopic (exact) mass is 475 g/mol. The van der Waals surface area contributed by atoms with Crippen LogP contribution in [0.3, 0.4) is 0 Å². The summed E-state index contributed by atoms with van der Waals surface area (Å²) in [6.07, 6.45) is 3.94. The van der Waals surface area contributed by atoms with E-state index in [1.165, 1.54) is 6.07 Å². The van der Waals surface area contributed by atoms with Gasteiger partial charge in [-0.05, 0) is 56.7 Å². The molecule has 8 heteroatoms. The minimum Gasteiger partial charge on any atom is -0.466 e. The number of amides is 3. The number of rotatable bonds is 7. The summed E-state index contributed by atoms with van der Waals surface area (Å²) in [7, 11) is 0. The van der Waals surface area contributed by atoms with E-state index in [2.05, 4.69) is 12.2 Å². The highest BCUT2D eigenvalue weighted by Gasteiger charge is 2.38. The molecule has 188 valence electrons. The summed E-state index contributed by atoms with van der Waals surface area (Å²) >= 11 is 0. The molecular formula is C26H38FN3O4. The average molecular weight is 476 g/mol. The molecule has 0 aliphatic carbocycles. The number of hydrogen-bond acceptors (Lipinski definition) is 4. The average Bonchev–Trinajstić information content (AvgIpc) is 2.85. The van der Waals surface area contributed by atoms with Gasteiger partial charge in [-0.3, -0.25) is 9.59 Å². The number of carbonyl (C=O) groups excluding carboxylic acids is 3. The van der Waals surface area contributed by atoms with Crippen LogP contribution in [0, 0.1) is 24.6 Å². The molecule has 1 aromatic carbocycles. The van der Waals surface area contributed by atoms with Gasteiger partial charge in [0.05, 0.1) is 18.4 Å². The number of hydrogen-bond donors (Lipinski definition) is 1. The number of nitrogens with zero attached hydrogens (tertiary/aromatic N) is 2. The van der Waals surface area contributed by atoms with E-state index in [0.717, 1.165) is 31.2 Å². The number of benzene rings is 1. The van der Waals surface area contributed by atoms with Gasteiger partial charge < -0.3 is 19.9 Å². The lowest BCUT2D eigenvalue weighted by Gasteiger charge is -2.40. The van der Waals surface area contributed by atoms with Crippen molar-refractivity contribution >= 4 is 17.9 Å². The lowest BCUT2D eigenvalue weighted by atomic mass is 9.83. The molecular weight excluding hydrogens is 437 g/mol. The molecule has 2 fully saturated rings. The van der Waals surface area contributed by atoms with Gasteiger partial charge in [0.25, 0.3) is 0 Å². The number of unbranched alkanes of at least 4 members (excludes halogenated alkanes) is 1. The van der Waals surface area contributed by atoms with Gasteiger partial charge in [-0.25, -0.2) is 9.18 Å². The van der Waals surface area contributed by atoms with Crippen molar-refractivity contribution in [2.24, 2.45) is 11.8 Å². The third-order valence-corrected chi connectivity index (χ3v) is 6.90. The van der Waals surface area contributed by atoms with Gasteiger partial charge in [-0.15, -0.1) is 0 Å². The fourth-order valence-corrected chi connectivity index (χ4v) is 4.98. The number of urea groups is 1. The van der Waals surface area contributed by atoms with Gasteiger partial charge in [0.2, 0.25) is 5.91 Å². The molecule has 0 bridgehead atoms. The molecule has 0 radical (unpaired) electrons. The number of nitrogens with one attached hydrogen (secondary N) is 1. The Labute approximate surface area is 202 Å². The van der Waals surface area contributed by atoms with E-state index >= 15 is 0 Å². The number of piperidine rings is 2. The number of carbonyl (C=O) groups is 3. The van der Waals surface area contributed by atoms with Crippen LogP contribution in [-0.4, -0.2) is 67.0 Å². The first kappa shape index (κ1) is 26.0. The smallest absolute Gasteiger partial charge is 0.317 e. The van der Waals surface area contributed by atoms with Gasteiger partial charge in [0.15, 0.2) is 0 Å². The second-order valence-corrected chi connectivity index (χ2v) is 9.50. The van der Waals surface area contributed by atoms with E-state index in [0.29, 0.717) is 51.3 Å². The molecule has 2 saturated heterocycles. The zero-order valence-corrected chi connectivity index (χ0v) is 20.6. The van der Waals surface area contributed by atoms with Crippen LogP contribution in [0.5, 0.6) is 0 Å². The molecule has 7 nitrogen and oxygen atoms in total. The summed E-state index contributed by atoms with van der Waals surface area (Å²) in [5.74, 6) is -1.28. The Kier molecular flexibility index (Phi) is 9.30. The molecule has 3 amide bonds. The van der Waals surface area contributed by atoms with Crippen LogP contribution >= 0.6 is 0 Å². The Morgan fingerprint density at radius 3 is 2.59 bits per heavy atom. The van der Waals surface area contributed by atoms with Crippen molar-refractivity contribution in [3.8, 4) is 0 Å². The van der Waals surface area contributed by atoms with Gasteiger partial charge in [-0.2, -0.15) is 0 Å². The predicted octanol–water partition coefficient (Wildman–Crippen LogP) is 3.85. The summed E-state index contributed by atoms with van der Waals surface area (Å²) in [5.41, 5.74) is 1.49. The second-order valence-electron chi connectivity index (χ2n) is 9.50. The first-order valence-corrected chi connectivity index (χ1v) is 12.6. The van der Waals surface area contributed by atoms with Crippen molar-refractivity contribution in [1.29, 1.82) is 0 Å². The van der Waals surface area contributed by atoms with Crippen molar-refractivity contribution in [1.82, 2.24) is 15.1 Å². The molecule has 0 saturated carbocycles. The van der Waals surface area contributed by atoms with E-state index in [1.54, 1.807) is 29.7 Å². The van der Waals surface area contributed by atoms with Gasteiger partial charge in [-0.1, -0.05) is 25.5 Å². The number of likely N-dealkylation sites (tertiary alicyclic amines) is 2. The van der Waals surface area contributed by atoms with E-state index in [9.17, 15) is 18.8 Å². The molecule has 0 unspecified atom stereocenters. The third kappa shape index (κ3) is 6.48. The molecule has 0 aromatic heterocycles. The largest absolute Gasteiger partial charge is 0.466 e. The molecule has 2 aliphatic rings. The zero-order valence-electron chi connectivity index (χ0n) is 20.6. The van der Waals surface area contributed by atoms with Crippen LogP contribution in [0.4, 0.5) is 9.18 Å². The molecule has 1 N–H and O–H groups in total. The van der Waals surface area contributed by atoms with Crippen LogP contribution in [0.1, 0.15) is 63.0 Å². The lowest BCUT2D eigenvalue weighted by molar-refractivity contribution is -0.152. The third-order valence-electron chi connectivity index (χ3n) is 6.90. The van der Waals surface area contributed by atoms with Crippen LogP contribution in [0.2, 0.25) is 0 Å². The molecule has 3 rings (SSSR count). The summed E-state index contributed by atoms with van der Waals surface area (Å²) in [6.45, 7) is 8.28.